The van der Waals surface area contributed by atoms with E-state index in [1.165, 1.54) is 11.3 Å². The number of halogens is 2. The van der Waals surface area contributed by atoms with Crippen LogP contribution in [0.4, 0.5) is 0 Å². The van der Waals surface area contributed by atoms with Gasteiger partial charge in [-0.05, 0) is 22.0 Å². The normalized spacial score (nSPS) is 12.7. The molecule has 0 aliphatic rings. The number of aliphatic hydroxyl groups excluding tert-OH is 1. The van der Waals surface area contributed by atoms with Crippen molar-refractivity contribution in [3.05, 3.63) is 49.8 Å². The van der Waals surface area contributed by atoms with E-state index in [1.807, 2.05) is 18.2 Å². The van der Waals surface area contributed by atoms with Crippen LogP contribution >= 0.6 is 38.9 Å². The predicted molar refractivity (Wildman–Crippen MR) is 69.9 cm³/mol. The van der Waals surface area contributed by atoms with Crippen molar-refractivity contribution in [2.45, 2.75) is 12.5 Å². The van der Waals surface area contributed by atoms with Gasteiger partial charge in [0.05, 0.1) is 16.6 Å². The fourth-order valence-corrected chi connectivity index (χ4v) is 2.69. The molecule has 2 nitrogen and oxygen atoms in total. The molecule has 2 aromatic rings. The topological polar surface area (TPSA) is 33.1 Å². The van der Waals surface area contributed by atoms with E-state index in [0.717, 1.165) is 14.9 Å². The molecule has 1 aromatic heterocycles. The van der Waals surface area contributed by atoms with E-state index in [2.05, 4.69) is 20.9 Å². The van der Waals surface area contributed by atoms with Crippen molar-refractivity contribution in [3.63, 3.8) is 0 Å². The summed E-state index contributed by atoms with van der Waals surface area (Å²) in [4.78, 5) is 5.02. The Morgan fingerprint density at radius 2 is 2.31 bits per heavy atom. The van der Waals surface area contributed by atoms with Crippen LogP contribution in [0.5, 0.6) is 0 Å². The standard InChI is InChI=1S/C11H9BrClNOS/c12-9-3-1-2-8(11(9)13)10(15)4-7-5-14-6-16-7/h1-3,5-6,10,15H,4H2. The van der Waals surface area contributed by atoms with E-state index in [9.17, 15) is 5.11 Å². The number of thiazole rings is 1. The molecule has 0 amide bonds. The Labute approximate surface area is 111 Å². The molecule has 0 aliphatic carbocycles. The number of hydrogen-bond acceptors (Lipinski definition) is 3. The lowest BCUT2D eigenvalue weighted by Crippen LogP contribution is -2.01. The Hall–Kier alpha value is -0.420. The van der Waals surface area contributed by atoms with Crippen molar-refractivity contribution in [2.75, 3.05) is 0 Å². The number of nitrogens with zero attached hydrogens (tertiary/aromatic N) is 1. The van der Waals surface area contributed by atoms with Gasteiger partial charge in [0.1, 0.15) is 0 Å². The van der Waals surface area contributed by atoms with Crippen LogP contribution in [0.3, 0.4) is 0 Å². The third kappa shape index (κ3) is 2.63. The number of aromatic nitrogens is 1. The summed E-state index contributed by atoms with van der Waals surface area (Å²) < 4.78 is 0.801. The summed E-state index contributed by atoms with van der Waals surface area (Å²) in [5, 5.41) is 10.6. The molecule has 5 heteroatoms. The second-order valence-corrected chi connectivity index (χ2v) is 5.53. The largest absolute Gasteiger partial charge is 0.388 e. The molecule has 0 saturated heterocycles. The number of benzene rings is 1. The molecule has 0 aliphatic heterocycles. The monoisotopic (exact) mass is 317 g/mol. The van der Waals surface area contributed by atoms with E-state index >= 15 is 0 Å². The second kappa shape index (κ2) is 5.27. The van der Waals surface area contributed by atoms with Crippen molar-refractivity contribution >= 4 is 38.9 Å². The molecule has 0 bridgehead atoms. The SMILES string of the molecule is OC(Cc1cncs1)c1cccc(Br)c1Cl. The van der Waals surface area contributed by atoms with Gasteiger partial charge in [-0.1, -0.05) is 23.7 Å². The van der Waals surface area contributed by atoms with Crippen molar-refractivity contribution in [3.8, 4) is 0 Å². The van der Waals surface area contributed by atoms with E-state index in [1.54, 1.807) is 11.7 Å². The Bertz CT molecular complexity index is 475. The number of aliphatic hydroxyl groups is 1. The van der Waals surface area contributed by atoms with Crippen LogP contribution in [0.1, 0.15) is 16.5 Å². The summed E-state index contributed by atoms with van der Waals surface area (Å²) in [6, 6.07) is 5.55. The maximum Gasteiger partial charge on any atom is 0.0853 e. The average molecular weight is 319 g/mol. The van der Waals surface area contributed by atoms with Crippen molar-refractivity contribution in [2.24, 2.45) is 0 Å². The zero-order chi connectivity index (χ0) is 11.5. The number of rotatable bonds is 3. The highest BCUT2D eigenvalue weighted by atomic mass is 79.9. The van der Waals surface area contributed by atoms with Gasteiger partial charge in [-0.2, -0.15) is 0 Å². The summed E-state index contributed by atoms with van der Waals surface area (Å²) in [5.74, 6) is 0. The molecule has 1 unspecified atom stereocenters. The summed E-state index contributed by atoms with van der Waals surface area (Å²) in [6.45, 7) is 0. The second-order valence-electron chi connectivity index (χ2n) is 3.33. The molecule has 84 valence electrons. The third-order valence-corrected chi connectivity index (χ3v) is 4.33. The molecule has 0 radical (unpaired) electrons. The first-order valence-electron chi connectivity index (χ1n) is 4.68. The van der Waals surface area contributed by atoms with Gasteiger partial charge in [0.2, 0.25) is 0 Å². The molecule has 1 N–H and O–H groups in total. The van der Waals surface area contributed by atoms with Crippen molar-refractivity contribution in [1.82, 2.24) is 4.98 Å². The lowest BCUT2D eigenvalue weighted by atomic mass is 10.1. The van der Waals surface area contributed by atoms with Gasteiger partial charge in [-0.3, -0.25) is 4.98 Å². The molecule has 0 saturated carbocycles. The smallest absolute Gasteiger partial charge is 0.0853 e. The van der Waals surface area contributed by atoms with Crippen LogP contribution in [0.2, 0.25) is 5.02 Å². The summed E-state index contributed by atoms with van der Waals surface area (Å²) in [5.41, 5.74) is 2.49. The molecular weight excluding hydrogens is 310 g/mol. The van der Waals surface area contributed by atoms with Gasteiger partial charge in [0.25, 0.3) is 0 Å². The van der Waals surface area contributed by atoms with Crippen LogP contribution in [-0.2, 0) is 6.42 Å². The summed E-state index contributed by atoms with van der Waals surface area (Å²) in [7, 11) is 0. The van der Waals surface area contributed by atoms with Crippen LogP contribution in [0, 0.1) is 0 Å². The van der Waals surface area contributed by atoms with E-state index in [4.69, 9.17) is 11.6 Å². The third-order valence-electron chi connectivity index (χ3n) is 2.22. The molecular formula is C11H9BrClNOS. The lowest BCUT2D eigenvalue weighted by molar-refractivity contribution is 0.179. The van der Waals surface area contributed by atoms with Gasteiger partial charge in [0.15, 0.2) is 0 Å². The van der Waals surface area contributed by atoms with Gasteiger partial charge in [0, 0.05) is 27.5 Å². The van der Waals surface area contributed by atoms with E-state index in [-0.39, 0.29) is 0 Å². The van der Waals surface area contributed by atoms with E-state index in [0.29, 0.717) is 11.4 Å². The van der Waals surface area contributed by atoms with Gasteiger partial charge in [-0.15, -0.1) is 11.3 Å². The highest BCUT2D eigenvalue weighted by molar-refractivity contribution is 9.10. The Kier molecular flexibility index (Phi) is 3.97. The first-order valence-corrected chi connectivity index (χ1v) is 6.73. The quantitative estimate of drug-likeness (QED) is 0.933. The summed E-state index contributed by atoms with van der Waals surface area (Å²) in [6.07, 6.45) is 1.71. The van der Waals surface area contributed by atoms with Crippen molar-refractivity contribution < 1.29 is 5.11 Å². The fraction of sp³-hybridized carbons (Fsp3) is 0.182. The zero-order valence-electron chi connectivity index (χ0n) is 8.23. The molecule has 2 rings (SSSR count). The van der Waals surface area contributed by atoms with Crippen molar-refractivity contribution in [1.29, 1.82) is 0 Å². The Morgan fingerprint density at radius 1 is 1.50 bits per heavy atom. The maximum atomic E-state index is 10.1. The molecule has 16 heavy (non-hydrogen) atoms. The molecule has 1 heterocycles. The Balaban J connectivity index is 2.21. The molecule has 1 aromatic carbocycles. The Morgan fingerprint density at radius 3 is 3.00 bits per heavy atom. The van der Waals surface area contributed by atoms with Crippen LogP contribution in [0.15, 0.2) is 34.4 Å². The first-order chi connectivity index (χ1) is 7.68. The maximum absolute atomic E-state index is 10.1. The van der Waals surface area contributed by atoms with E-state index < -0.39 is 6.10 Å². The van der Waals surface area contributed by atoms with Crippen LogP contribution in [0.25, 0.3) is 0 Å². The van der Waals surface area contributed by atoms with Gasteiger partial charge < -0.3 is 5.11 Å². The lowest BCUT2D eigenvalue weighted by Gasteiger charge is -2.12. The van der Waals surface area contributed by atoms with Gasteiger partial charge >= 0.3 is 0 Å². The van der Waals surface area contributed by atoms with Crippen LogP contribution in [-0.4, -0.2) is 10.1 Å². The minimum atomic E-state index is -0.592. The fourth-order valence-electron chi connectivity index (χ4n) is 1.42. The molecule has 1 atom stereocenters. The predicted octanol–water partition coefficient (Wildman–Crippen LogP) is 3.84. The first kappa shape index (κ1) is 12.0. The highest BCUT2D eigenvalue weighted by Gasteiger charge is 2.14. The van der Waals surface area contributed by atoms with Crippen LogP contribution < -0.4 is 0 Å². The number of hydrogen-bond donors (Lipinski definition) is 1. The highest BCUT2D eigenvalue weighted by Crippen LogP contribution is 2.31. The zero-order valence-corrected chi connectivity index (χ0v) is 11.4. The minimum Gasteiger partial charge on any atom is -0.388 e. The molecule has 0 spiro atoms. The summed E-state index contributed by atoms with van der Waals surface area (Å²) >= 11 is 11.0. The van der Waals surface area contributed by atoms with Gasteiger partial charge in [-0.25, -0.2) is 0 Å². The minimum absolute atomic E-state index is 0.543. The molecule has 0 fully saturated rings. The average Bonchev–Trinajstić information content (AvgIpc) is 2.74.